The number of nitrogens with zero attached hydrogens (tertiary/aromatic N) is 3. The molecule has 0 N–H and O–H groups in total. The Morgan fingerprint density at radius 3 is 2.64 bits per heavy atom. The molecule has 0 bridgehead atoms. The van der Waals surface area contributed by atoms with Gasteiger partial charge in [0.15, 0.2) is 11.0 Å². The third kappa shape index (κ3) is 4.24. The summed E-state index contributed by atoms with van der Waals surface area (Å²) in [7, 11) is 1.84. The fraction of sp³-hybridized carbons (Fsp3) is 0.400. The van der Waals surface area contributed by atoms with E-state index in [0.29, 0.717) is 16.0 Å². The summed E-state index contributed by atoms with van der Waals surface area (Å²) in [6.45, 7) is 5.52. The maximum atomic E-state index is 11.8. The van der Waals surface area contributed by atoms with Gasteiger partial charge in [-0.05, 0) is 32.9 Å². The summed E-state index contributed by atoms with van der Waals surface area (Å²) < 4.78 is 7.09. The van der Waals surface area contributed by atoms with Crippen LogP contribution < -0.4 is 0 Å². The summed E-state index contributed by atoms with van der Waals surface area (Å²) in [6.07, 6.45) is 0. The molecule has 0 aliphatic carbocycles. The van der Waals surface area contributed by atoms with Crippen molar-refractivity contribution in [2.75, 3.05) is 5.75 Å². The van der Waals surface area contributed by atoms with Crippen molar-refractivity contribution < 1.29 is 9.53 Å². The third-order valence-electron chi connectivity index (χ3n) is 2.69. The average Bonchev–Trinajstić information content (AvgIpc) is 2.76. The van der Waals surface area contributed by atoms with Crippen molar-refractivity contribution >= 4 is 29.3 Å². The van der Waals surface area contributed by atoms with Gasteiger partial charge in [-0.2, -0.15) is 0 Å². The van der Waals surface area contributed by atoms with Crippen LogP contribution in [0.3, 0.4) is 0 Å². The summed E-state index contributed by atoms with van der Waals surface area (Å²) in [4.78, 5) is 11.8. The third-order valence-corrected chi connectivity index (χ3v) is 4.01. The van der Waals surface area contributed by atoms with Gasteiger partial charge in [-0.25, -0.2) is 0 Å². The van der Waals surface area contributed by atoms with Crippen LogP contribution in [0.25, 0.3) is 11.4 Å². The maximum Gasteiger partial charge on any atom is 0.316 e. The van der Waals surface area contributed by atoms with E-state index in [4.69, 9.17) is 16.3 Å². The van der Waals surface area contributed by atoms with Gasteiger partial charge in [-0.15, -0.1) is 10.2 Å². The summed E-state index contributed by atoms with van der Waals surface area (Å²) >= 11 is 7.47. The second-order valence-corrected chi connectivity index (χ2v) is 7.07. The zero-order valence-electron chi connectivity index (χ0n) is 13.0. The van der Waals surface area contributed by atoms with Crippen LogP contribution in [0.1, 0.15) is 20.8 Å². The number of carbonyl (C=O) groups excluding carboxylic acids is 1. The Bertz CT molecular complexity index is 680. The zero-order valence-corrected chi connectivity index (χ0v) is 14.5. The Morgan fingerprint density at radius 2 is 2.00 bits per heavy atom. The lowest BCUT2D eigenvalue weighted by atomic mass is 10.2. The van der Waals surface area contributed by atoms with Gasteiger partial charge in [0.05, 0.1) is 10.8 Å². The van der Waals surface area contributed by atoms with Crippen molar-refractivity contribution in [1.82, 2.24) is 14.8 Å². The van der Waals surface area contributed by atoms with Crippen LogP contribution in [0.15, 0.2) is 29.4 Å². The van der Waals surface area contributed by atoms with Gasteiger partial charge >= 0.3 is 5.97 Å². The molecule has 0 amide bonds. The van der Waals surface area contributed by atoms with E-state index in [1.165, 1.54) is 11.8 Å². The molecule has 0 unspecified atom stereocenters. The van der Waals surface area contributed by atoms with E-state index in [0.717, 1.165) is 5.56 Å². The van der Waals surface area contributed by atoms with Crippen LogP contribution >= 0.6 is 23.4 Å². The second kappa shape index (κ2) is 6.71. The fourth-order valence-electron chi connectivity index (χ4n) is 1.81. The number of hydrogen-bond acceptors (Lipinski definition) is 5. The van der Waals surface area contributed by atoms with Gasteiger partial charge in [-0.1, -0.05) is 35.5 Å². The lowest BCUT2D eigenvalue weighted by Gasteiger charge is -2.19. The molecule has 0 saturated carbocycles. The molecule has 0 fully saturated rings. The van der Waals surface area contributed by atoms with E-state index in [-0.39, 0.29) is 11.7 Å². The highest BCUT2D eigenvalue weighted by Crippen LogP contribution is 2.28. The minimum absolute atomic E-state index is 0.186. The molecule has 7 heteroatoms. The number of thioether (sulfide) groups is 1. The molecular formula is C15H18ClN3O2S. The first-order chi connectivity index (χ1) is 10.3. The Hall–Kier alpha value is -1.53. The topological polar surface area (TPSA) is 57.0 Å². The van der Waals surface area contributed by atoms with Gasteiger partial charge < -0.3 is 9.30 Å². The van der Waals surface area contributed by atoms with Crippen molar-refractivity contribution in [3.63, 3.8) is 0 Å². The van der Waals surface area contributed by atoms with Crippen LogP contribution in [0, 0.1) is 0 Å². The molecule has 0 radical (unpaired) electrons. The number of aromatic nitrogens is 3. The van der Waals surface area contributed by atoms with Crippen molar-refractivity contribution in [3.05, 3.63) is 29.3 Å². The van der Waals surface area contributed by atoms with Crippen molar-refractivity contribution in [2.24, 2.45) is 7.05 Å². The smallest absolute Gasteiger partial charge is 0.316 e. The first-order valence-corrected chi connectivity index (χ1v) is 8.13. The molecule has 1 aromatic heterocycles. The number of rotatable bonds is 4. The van der Waals surface area contributed by atoms with E-state index in [2.05, 4.69) is 10.2 Å². The Kier molecular flexibility index (Phi) is 5.13. The standard InChI is InChI=1S/C15H18ClN3O2S/c1-15(2,3)21-12(20)9-22-14-18-17-13(19(14)4)10-7-5-6-8-11(10)16/h5-8H,9H2,1-4H3. The molecular weight excluding hydrogens is 322 g/mol. The number of benzene rings is 1. The lowest BCUT2D eigenvalue weighted by Crippen LogP contribution is -2.25. The van der Waals surface area contributed by atoms with Crippen molar-refractivity contribution in [3.8, 4) is 11.4 Å². The Labute approximate surface area is 139 Å². The largest absolute Gasteiger partial charge is 0.459 e. The van der Waals surface area contributed by atoms with E-state index in [1.54, 1.807) is 6.07 Å². The van der Waals surface area contributed by atoms with Gasteiger partial charge in [-0.3, -0.25) is 4.79 Å². The first kappa shape index (κ1) is 16.8. The van der Waals surface area contributed by atoms with Crippen LogP contribution in [-0.4, -0.2) is 32.1 Å². The molecule has 118 valence electrons. The second-order valence-electron chi connectivity index (χ2n) is 5.72. The monoisotopic (exact) mass is 339 g/mol. The maximum absolute atomic E-state index is 11.8. The quantitative estimate of drug-likeness (QED) is 0.629. The molecule has 1 heterocycles. The Morgan fingerprint density at radius 1 is 1.32 bits per heavy atom. The molecule has 22 heavy (non-hydrogen) atoms. The van der Waals surface area contributed by atoms with Crippen molar-refractivity contribution in [1.29, 1.82) is 0 Å². The van der Waals surface area contributed by atoms with E-state index in [9.17, 15) is 4.79 Å². The molecule has 0 aliphatic rings. The molecule has 0 atom stereocenters. The highest BCUT2D eigenvalue weighted by atomic mass is 35.5. The van der Waals surface area contributed by atoms with Crippen LogP contribution in [0.2, 0.25) is 5.02 Å². The molecule has 2 rings (SSSR count). The summed E-state index contributed by atoms with van der Waals surface area (Å²) in [6, 6.07) is 7.44. The normalized spacial score (nSPS) is 11.5. The molecule has 2 aromatic rings. The minimum atomic E-state index is -0.486. The first-order valence-electron chi connectivity index (χ1n) is 6.77. The highest BCUT2D eigenvalue weighted by molar-refractivity contribution is 7.99. The highest BCUT2D eigenvalue weighted by Gasteiger charge is 2.18. The predicted molar refractivity (Wildman–Crippen MR) is 88.0 cm³/mol. The number of carbonyl (C=O) groups is 1. The van der Waals surface area contributed by atoms with E-state index >= 15 is 0 Å². The molecule has 5 nitrogen and oxygen atoms in total. The van der Waals surface area contributed by atoms with E-state index < -0.39 is 5.60 Å². The van der Waals surface area contributed by atoms with Crippen molar-refractivity contribution in [2.45, 2.75) is 31.5 Å². The number of hydrogen-bond donors (Lipinski definition) is 0. The number of esters is 1. The molecule has 1 aromatic carbocycles. The Balaban J connectivity index is 2.09. The summed E-state index contributed by atoms with van der Waals surface area (Å²) in [5.41, 5.74) is 0.323. The zero-order chi connectivity index (χ0) is 16.3. The van der Waals surface area contributed by atoms with Gasteiger partial charge in [0, 0.05) is 12.6 Å². The van der Waals surface area contributed by atoms with E-state index in [1.807, 2.05) is 50.6 Å². The van der Waals surface area contributed by atoms with Crippen LogP contribution in [0.4, 0.5) is 0 Å². The SMILES string of the molecule is Cn1c(SCC(=O)OC(C)(C)C)nnc1-c1ccccc1Cl. The summed E-state index contributed by atoms with van der Waals surface area (Å²) in [5.74, 6) is 0.572. The van der Waals surface area contributed by atoms with Gasteiger partial charge in [0.25, 0.3) is 0 Å². The number of halogens is 1. The number of ether oxygens (including phenoxy) is 1. The predicted octanol–water partition coefficient (Wildman–Crippen LogP) is 3.57. The van der Waals surface area contributed by atoms with Gasteiger partial charge in [0.1, 0.15) is 5.60 Å². The minimum Gasteiger partial charge on any atom is -0.459 e. The average molecular weight is 340 g/mol. The van der Waals surface area contributed by atoms with Gasteiger partial charge in [0.2, 0.25) is 0 Å². The van der Waals surface area contributed by atoms with Crippen LogP contribution in [0.5, 0.6) is 0 Å². The fourth-order valence-corrected chi connectivity index (χ4v) is 2.72. The molecule has 0 saturated heterocycles. The lowest BCUT2D eigenvalue weighted by molar-refractivity contribution is -0.151. The molecule has 0 aliphatic heterocycles. The summed E-state index contributed by atoms with van der Waals surface area (Å²) in [5, 5.41) is 9.52. The van der Waals surface area contributed by atoms with Crippen LogP contribution in [-0.2, 0) is 16.6 Å². The molecule has 0 spiro atoms.